The van der Waals surface area contributed by atoms with E-state index in [0.717, 1.165) is 29.5 Å². The lowest BCUT2D eigenvalue weighted by molar-refractivity contribution is 0.187. The molecule has 0 aromatic heterocycles. The van der Waals surface area contributed by atoms with Gasteiger partial charge in [0, 0.05) is 11.8 Å². The highest BCUT2D eigenvalue weighted by molar-refractivity contribution is 6.18. The molecule has 0 bridgehead atoms. The molecule has 0 spiro atoms. The summed E-state index contributed by atoms with van der Waals surface area (Å²) >= 11 is 11.5. The van der Waals surface area contributed by atoms with Gasteiger partial charge in [0.15, 0.2) is 0 Å². The smallest absolute Gasteiger partial charge is 0.0678 e. The van der Waals surface area contributed by atoms with E-state index in [-0.39, 0.29) is 11.8 Å². The van der Waals surface area contributed by atoms with Crippen molar-refractivity contribution in [1.29, 1.82) is 0 Å². The minimum Gasteiger partial charge on any atom is -0.392 e. The Labute approximate surface area is 191 Å². The summed E-state index contributed by atoms with van der Waals surface area (Å²) in [6, 6.07) is 8.75. The third kappa shape index (κ3) is 6.34. The number of hydrogen-bond acceptors (Lipinski definition) is 2. The molecule has 2 aromatic carbocycles. The van der Waals surface area contributed by atoms with Crippen LogP contribution >= 0.6 is 23.2 Å². The van der Waals surface area contributed by atoms with E-state index in [9.17, 15) is 10.2 Å². The van der Waals surface area contributed by atoms with Crippen molar-refractivity contribution in [2.45, 2.75) is 65.6 Å². The van der Waals surface area contributed by atoms with E-state index in [1.165, 1.54) is 33.4 Å². The minimum absolute atomic E-state index is 0.270. The second-order valence-corrected chi connectivity index (χ2v) is 8.97. The Bertz CT molecular complexity index is 771. The Hall–Kier alpha value is -1.32. The Morgan fingerprint density at radius 3 is 1.30 bits per heavy atom. The average molecular weight is 449 g/mol. The fourth-order valence-corrected chi connectivity index (χ4v) is 4.38. The summed E-state index contributed by atoms with van der Waals surface area (Å²) in [5, 5.41) is 19.6. The number of halogens is 2. The second-order valence-electron chi connectivity index (χ2n) is 8.35. The minimum atomic E-state index is -0.463. The number of benzene rings is 2. The normalized spacial score (nSPS) is 13.3. The van der Waals surface area contributed by atoms with Crippen LogP contribution in [0.2, 0.25) is 0 Å². The predicted molar refractivity (Wildman–Crippen MR) is 130 cm³/mol. The molecule has 2 N–H and O–H groups in total. The van der Waals surface area contributed by atoms with Gasteiger partial charge in [-0.15, -0.1) is 23.2 Å². The molecule has 0 amide bonds. The van der Waals surface area contributed by atoms with Crippen molar-refractivity contribution in [2.24, 2.45) is 0 Å². The molecule has 0 fully saturated rings. The highest BCUT2D eigenvalue weighted by Crippen LogP contribution is 2.30. The van der Waals surface area contributed by atoms with Gasteiger partial charge in [-0.2, -0.15) is 0 Å². The zero-order chi connectivity index (χ0) is 22.4. The molecule has 2 aromatic rings. The van der Waals surface area contributed by atoms with Crippen LogP contribution in [0, 0.1) is 27.7 Å². The van der Waals surface area contributed by atoms with Gasteiger partial charge in [0.2, 0.25) is 0 Å². The highest BCUT2D eigenvalue weighted by Gasteiger charge is 2.13. The van der Waals surface area contributed by atoms with Crippen LogP contribution in [-0.2, 0) is 12.8 Å². The van der Waals surface area contributed by atoms with Crippen LogP contribution in [0.5, 0.6) is 0 Å². The molecule has 0 saturated heterocycles. The van der Waals surface area contributed by atoms with E-state index < -0.39 is 12.2 Å². The van der Waals surface area contributed by atoms with Crippen LogP contribution in [-0.4, -0.2) is 34.2 Å². The van der Waals surface area contributed by atoms with Crippen molar-refractivity contribution < 1.29 is 10.2 Å². The van der Waals surface area contributed by atoms with Gasteiger partial charge in [0.25, 0.3) is 0 Å². The topological polar surface area (TPSA) is 40.5 Å². The first kappa shape index (κ1) is 24.9. The maximum Gasteiger partial charge on any atom is 0.0678 e. The molecule has 0 aliphatic rings. The van der Waals surface area contributed by atoms with Crippen molar-refractivity contribution in [3.63, 3.8) is 0 Å². The Balaban J connectivity index is 2.26. The van der Waals surface area contributed by atoms with Crippen molar-refractivity contribution in [3.8, 4) is 0 Å². The first-order valence-corrected chi connectivity index (χ1v) is 11.6. The standard InChI is InChI=1S/C26H34Cl2O2/c1-16-10-21(11-17(2)25(16)8-6-23(29)14-27)20(5)22-12-18(3)26(19(4)13-22)9-7-24(30)15-28/h10-13,23-24,29-30H,5-9,14-15H2,1-4H3. The lowest BCUT2D eigenvalue weighted by Gasteiger charge is -2.18. The molecule has 0 radical (unpaired) electrons. The molecule has 2 nitrogen and oxygen atoms in total. The molecule has 164 valence electrons. The fourth-order valence-electron chi connectivity index (χ4n) is 4.07. The zero-order valence-corrected chi connectivity index (χ0v) is 20.1. The molecule has 0 saturated carbocycles. The number of aryl methyl sites for hydroxylation is 4. The third-order valence-electron chi connectivity index (χ3n) is 5.90. The zero-order valence-electron chi connectivity index (χ0n) is 18.6. The van der Waals surface area contributed by atoms with Gasteiger partial charge in [0.05, 0.1) is 12.2 Å². The van der Waals surface area contributed by atoms with Gasteiger partial charge >= 0.3 is 0 Å². The Morgan fingerprint density at radius 2 is 1.03 bits per heavy atom. The quantitative estimate of drug-likeness (QED) is 0.434. The third-order valence-corrected chi connectivity index (χ3v) is 6.61. The van der Waals surface area contributed by atoms with Crippen LogP contribution < -0.4 is 0 Å². The molecule has 0 aliphatic carbocycles. The van der Waals surface area contributed by atoms with Crippen molar-refractivity contribution >= 4 is 28.8 Å². The van der Waals surface area contributed by atoms with Gasteiger partial charge in [-0.1, -0.05) is 30.8 Å². The monoisotopic (exact) mass is 448 g/mol. The summed E-state index contributed by atoms with van der Waals surface area (Å²) < 4.78 is 0. The SMILES string of the molecule is C=C(c1cc(C)c(CCC(O)CCl)c(C)c1)c1cc(C)c(CCC(O)CCl)c(C)c1. The molecule has 2 rings (SSSR count). The average Bonchev–Trinajstić information content (AvgIpc) is 2.71. The molecular formula is C26H34Cl2O2. The van der Waals surface area contributed by atoms with Gasteiger partial charge < -0.3 is 10.2 Å². The Morgan fingerprint density at radius 1 is 0.733 bits per heavy atom. The number of aliphatic hydroxyl groups is 2. The van der Waals surface area contributed by atoms with Crippen LogP contribution in [0.3, 0.4) is 0 Å². The van der Waals surface area contributed by atoms with E-state index in [1.54, 1.807) is 0 Å². The summed E-state index contributed by atoms with van der Waals surface area (Å²) in [7, 11) is 0. The van der Waals surface area contributed by atoms with Crippen molar-refractivity contribution in [2.75, 3.05) is 11.8 Å². The first-order chi connectivity index (χ1) is 14.2. The molecule has 30 heavy (non-hydrogen) atoms. The van der Waals surface area contributed by atoms with E-state index in [2.05, 4.69) is 58.5 Å². The van der Waals surface area contributed by atoms with Gasteiger partial charge in [-0.3, -0.25) is 0 Å². The second kappa shape index (κ2) is 11.3. The predicted octanol–water partition coefficient (Wildman–Crippen LogP) is 6.05. The molecule has 0 heterocycles. The number of rotatable bonds is 10. The van der Waals surface area contributed by atoms with E-state index in [0.29, 0.717) is 12.8 Å². The molecule has 0 aliphatic heterocycles. The van der Waals surface area contributed by atoms with E-state index >= 15 is 0 Å². The number of aliphatic hydroxyl groups excluding tert-OH is 2. The summed E-state index contributed by atoms with van der Waals surface area (Å²) in [6.45, 7) is 12.9. The molecule has 4 heteroatoms. The maximum atomic E-state index is 9.78. The number of hydrogen-bond donors (Lipinski definition) is 2. The largest absolute Gasteiger partial charge is 0.392 e. The lowest BCUT2D eigenvalue weighted by Crippen LogP contribution is -2.11. The Kier molecular flexibility index (Phi) is 9.43. The maximum absolute atomic E-state index is 9.78. The number of alkyl halides is 2. The van der Waals surface area contributed by atoms with Crippen molar-refractivity contribution in [1.82, 2.24) is 0 Å². The molecule has 2 unspecified atom stereocenters. The summed E-state index contributed by atoms with van der Waals surface area (Å²) in [6.07, 6.45) is 2.05. The van der Waals surface area contributed by atoms with Crippen molar-refractivity contribution in [3.05, 3.63) is 75.4 Å². The summed E-state index contributed by atoms with van der Waals surface area (Å²) in [5.41, 5.74) is 10.7. The van der Waals surface area contributed by atoms with Gasteiger partial charge in [-0.05, 0) is 103 Å². The fraction of sp³-hybridized carbons (Fsp3) is 0.462. The van der Waals surface area contributed by atoms with E-state index in [1.807, 2.05) is 0 Å². The van der Waals surface area contributed by atoms with E-state index in [4.69, 9.17) is 23.2 Å². The summed E-state index contributed by atoms with van der Waals surface area (Å²) in [5.74, 6) is 0.541. The molecular weight excluding hydrogens is 415 g/mol. The van der Waals surface area contributed by atoms with Gasteiger partial charge in [0.1, 0.15) is 0 Å². The first-order valence-electron chi connectivity index (χ1n) is 10.6. The van der Waals surface area contributed by atoms with Crippen LogP contribution in [0.15, 0.2) is 30.8 Å². The molecule has 2 atom stereocenters. The summed E-state index contributed by atoms with van der Waals surface area (Å²) in [4.78, 5) is 0. The van der Waals surface area contributed by atoms with Crippen LogP contribution in [0.1, 0.15) is 57.3 Å². The highest BCUT2D eigenvalue weighted by atomic mass is 35.5. The lowest BCUT2D eigenvalue weighted by atomic mass is 9.88. The van der Waals surface area contributed by atoms with Gasteiger partial charge in [-0.25, -0.2) is 0 Å². The van der Waals surface area contributed by atoms with Crippen LogP contribution in [0.4, 0.5) is 0 Å². The van der Waals surface area contributed by atoms with Crippen LogP contribution in [0.25, 0.3) is 5.57 Å².